The molecule has 1 N–H and O–H groups in total. The topological polar surface area (TPSA) is 29.1 Å². The average molecular weight is 243 g/mol. The van der Waals surface area contributed by atoms with Crippen molar-refractivity contribution in [3.63, 3.8) is 0 Å². The van der Waals surface area contributed by atoms with Gasteiger partial charge >= 0.3 is 0 Å². The van der Waals surface area contributed by atoms with E-state index in [1.807, 2.05) is 0 Å². The van der Waals surface area contributed by atoms with Gasteiger partial charge < -0.3 is 5.32 Å². The van der Waals surface area contributed by atoms with Crippen LogP contribution in [0.15, 0.2) is 17.5 Å². The van der Waals surface area contributed by atoms with Crippen LogP contribution in [0.1, 0.15) is 24.8 Å². The summed E-state index contributed by atoms with van der Waals surface area (Å²) in [7, 11) is -0.703. The van der Waals surface area contributed by atoms with Gasteiger partial charge in [-0.3, -0.25) is 4.21 Å². The Morgan fingerprint density at radius 3 is 3.00 bits per heavy atom. The zero-order valence-electron chi connectivity index (χ0n) is 9.10. The molecule has 2 nitrogen and oxygen atoms in total. The Morgan fingerprint density at radius 2 is 2.33 bits per heavy atom. The van der Waals surface area contributed by atoms with Gasteiger partial charge in [0.2, 0.25) is 0 Å². The monoisotopic (exact) mass is 243 g/mol. The molecule has 1 aromatic rings. The van der Waals surface area contributed by atoms with Crippen LogP contribution in [0, 0.1) is 5.92 Å². The largest absolute Gasteiger partial charge is 0.308 e. The molecule has 2 rings (SSSR count). The molecule has 2 heterocycles. The molecule has 1 aliphatic rings. The number of thiophene rings is 1. The third-order valence-electron chi connectivity index (χ3n) is 2.87. The third-order valence-corrected chi connectivity index (χ3v) is 5.82. The summed E-state index contributed by atoms with van der Waals surface area (Å²) in [6.45, 7) is 5.22. The summed E-state index contributed by atoms with van der Waals surface area (Å²) < 4.78 is 12.0. The molecule has 0 saturated carbocycles. The second-order valence-electron chi connectivity index (χ2n) is 4.26. The number of rotatable bonds is 1. The van der Waals surface area contributed by atoms with Gasteiger partial charge in [0.25, 0.3) is 0 Å². The van der Waals surface area contributed by atoms with Gasteiger partial charge in [-0.25, -0.2) is 0 Å². The van der Waals surface area contributed by atoms with Crippen molar-refractivity contribution in [3.8, 4) is 0 Å². The standard InChI is InChI=1S/C11H17NOS2/c1-8-6-12-11(9(2)15(13)7-8)10-4-3-5-14-10/h3-5,8-9,11-12H,6-7H2,1-2H3. The van der Waals surface area contributed by atoms with Crippen LogP contribution >= 0.6 is 11.3 Å². The molecule has 0 aromatic carbocycles. The minimum absolute atomic E-state index is 0.216. The highest BCUT2D eigenvalue weighted by molar-refractivity contribution is 7.85. The Bertz CT molecular complexity index is 336. The Labute approximate surface area is 97.5 Å². The van der Waals surface area contributed by atoms with E-state index in [1.54, 1.807) is 11.3 Å². The first-order valence-corrected chi connectivity index (χ1v) is 7.58. The third kappa shape index (κ3) is 2.49. The van der Waals surface area contributed by atoms with Crippen molar-refractivity contribution in [2.75, 3.05) is 12.3 Å². The van der Waals surface area contributed by atoms with Crippen LogP contribution in [0.3, 0.4) is 0 Å². The van der Waals surface area contributed by atoms with Crippen molar-refractivity contribution in [2.24, 2.45) is 5.92 Å². The second-order valence-corrected chi connectivity index (χ2v) is 7.08. The zero-order chi connectivity index (χ0) is 10.8. The Kier molecular flexibility index (Phi) is 3.59. The lowest BCUT2D eigenvalue weighted by atomic mass is 10.1. The maximum atomic E-state index is 12.0. The van der Waals surface area contributed by atoms with Crippen LogP contribution in [0.2, 0.25) is 0 Å². The highest BCUT2D eigenvalue weighted by Gasteiger charge is 2.29. The van der Waals surface area contributed by atoms with E-state index in [9.17, 15) is 4.21 Å². The average Bonchev–Trinajstić information content (AvgIpc) is 2.67. The molecule has 1 aromatic heterocycles. The highest BCUT2D eigenvalue weighted by Crippen LogP contribution is 2.27. The number of hydrogen-bond acceptors (Lipinski definition) is 3. The summed E-state index contributed by atoms with van der Waals surface area (Å²) in [5.41, 5.74) is 0. The maximum absolute atomic E-state index is 12.0. The lowest BCUT2D eigenvalue weighted by Gasteiger charge is -2.20. The smallest absolute Gasteiger partial charge is 0.0557 e. The van der Waals surface area contributed by atoms with Crippen molar-refractivity contribution >= 4 is 22.1 Å². The van der Waals surface area contributed by atoms with Crippen molar-refractivity contribution < 1.29 is 4.21 Å². The molecule has 1 saturated heterocycles. The first kappa shape index (κ1) is 11.3. The molecule has 0 amide bonds. The highest BCUT2D eigenvalue weighted by atomic mass is 32.2. The molecule has 15 heavy (non-hydrogen) atoms. The molecule has 1 fully saturated rings. The Morgan fingerprint density at radius 1 is 1.53 bits per heavy atom. The summed E-state index contributed by atoms with van der Waals surface area (Å²) in [4.78, 5) is 1.31. The van der Waals surface area contributed by atoms with Gasteiger partial charge in [0.15, 0.2) is 0 Å². The van der Waals surface area contributed by atoms with E-state index < -0.39 is 10.8 Å². The van der Waals surface area contributed by atoms with E-state index in [-0.39, 0.29) is 11.3 Å². The summed E-state index contributed by atoms with van der Waals surface area (Å²) in [6.07, 6.45) is 0. The van der Waals surface area contributed by atoms with Crippen molar-refractivity contribution in [2.45, 2.75) is 25.1 Å². The van der Waals surface area contributed by atoms with Crippen LogP contribution in [0.25, 0.3) is 0 Å². The first-order valence-electron chi connectivity index (χ1n) is 5.32. The number of nitrogens with one attached hydrogen (secondary N) is 1. The van der Waals surface area contributed by atoms with Crippen LogP contribution in [-0.4, -0.2) is 21.8 Å². The molecular formula is C11H17NOS2. The van der Waals surface area contributed by atoms with E-state index in [4.69, 9.17) is 0 Å². The molecule has 0 spiro atoms. The fraction of sp³-hybridized carbons (Fsp3) is 0.636. The van der Waals surface area contributed by atoms with Crippen molar-refractivity contribution in [1.29, 1.82) is 0 Å². The summed E-state index contributed by atoms with van der Waals surface area (Å²) >= 11 is 1.75. The van der Waals surface area contributed by atoms with Gasteiger partial charge in [0, 0.05) is 21.4 Å². The summed E-state index contributed by atoms with van der Waals surface area (Å²) in [6, 6.07) is 4.47. The van der Waals surface area contributed by atoms with E-state index in [0.29, 0.717) is 5.92 Å². The zero-order valence-corrected chi connectivity index (χ0v) is 10.7. The van der Waals surface area contributed by atoms with Gasteiger partial charge in [0.1, 0.15) is 0 Å². The summed E-state index contributed by atoms with van der Waals surface area (Å²) in [5, 5.41) is 5.83. The molecular weight excluding hydrogens is 226 g/mol. The molecule has 4 atom stereocenters. The maximum Gasteiger partial charge on any atom is 0.0557 e. The predicted molar refractivity (Wildman–Crippen MR) is 66.7 cm³/mol. The fourth-order valence-electron chi connectivity index (χ4n) is 1.94. The normalized spacial score (nSPS) is 37.5. The molecule has 0 bridgehead atoms. The lowest BCUT2D eigenvalue weighted by molar-refractivity contribution is 0.494. The number of hydrogen-bond donors (Lipinski definition) is 1. The lowest BCUT2D eigenvalue weighted by Crippen LogP contribution is -2.30. The van der Waals surface area contributed by atoms with E-state index in [2.05, 4.69) is 36.7 Å². The second kappa shape index (κ2) is 4.76. The molecule has 84 valence electrons. The van der Waals surface area contributed by atoms with Crippen molar-refractivity contribution in [3.05, 3.63) is 22.4 Å². The van der Waals surface area contributed by atoms with Gasteiger partial charge in [0.05, 0.1) is 11.3 Å². The van der Waals surface area contributed by atoms with E-state index in [1.165, 1.54) is 4.88 Å². The van der Waals surface area contributed by atoms with Gasteiger partial charge in [-0.05, 0) is 30.8 Å². The quantitative estimate of drug-likeness (QED) is 0.819. The minimum atomic E-state index is -0.703. The first-order chi connectivity index (χ1) is 7.18. The van der Waals surface area contributed by atoms with Crippen LogP contribution in [0.5, 0.6) is 0 Å². The molecule has 1 aliphatic heterocycles. The van der Waals surface area contributed by atoms with Crippen LogP contribution in [0.4, 0.5) is 0 Å². The van der Waals surface area contributed by atoms with Crippen LogP contribution in [-0.2, 0) is 10.8 Å². The SMILES string of the molecule is CC1CNC(c2cccs2)C(C)S(=O)C1. The Hall–Kier alpha value is -0.190. The van der Waals surface area contributed by atoms with Crippen molar-refractivity contribution in [1.82, 2.24) is 5.32 Å². The molecule has 4 unspecified atom stereocenters. The fourth-order valence-corrected chi connectivity index (χ4v) is 4.46. The van der Waals surface area contributed by atoms with Gasteiger partial charge in [-0.1, -0.05) is 13.0 Å². The Balaban J connectivity index is 2.20. The minimum Gasteiger partial charge on any atom is -0.308 e. The van der Waals surface area contributed by atoms with E-state index in [0.717, 1.165) is 12.3 Å². The predicted octanol–water partition coefficient (Wildman–Crippen LogP) is 2.17. The van der Waals surface area contributed by atoms with E-state index >= 15 is 0 Å². The van der Waals surface area contributed by atoms with Gasteiger partial charge in [-0.15, -0.1) is 11.3 Å². The van der Waals surface area contributed by atoms with Gasteiger partial charge in [-0.2, -0.15) is 0 Å². The molecule has 0 aliphatic carbocycles. The summed E-state index contributed by atoms with van der Waals surface area (Å²) in [5.74, 6) is 1.34. The molecule has 0 radical (unpaired) electrons. The van der Waals surface area contributed by atoms with Crippen LogP contribution < -0.4 is 5.32 Å². The molecule has 4 heteroatoms.